The Balaban J connectivity index is 2.05. The van der Waals surface area contributed by atoms with Gasteiger partial charge in [-0.25, -0.2) is 12.7 Å². The van der Waals surface area contributed by atoms with Crippen LogP contribution in [0.3, 0.4) is 0 Å². The van der Waals surface area contributed by atoms with Gasteiger partial charge in [-0.05, 0) is 48.4 Å². The minimum Gasteiger partial charge on any atom is -0.349 e. The first-order valence-electron chi connectivity index (χ1n) is 7.79. The van der Waals surface area contributed by atoms with Crippen molar-refractivity contribution in [3.63, 3.8) is 0 Å². The highest BCUT2D eigenvalue weighted by molar-refractivity contribution is 7.89. The second-order valence-electron chi connectivity index (χ2n) is 5.46. The van der Waals surface area contributed by atoms with Crippen LogP contribution in [-0.4, -0.2) is 43.8 Å². The lowest BCUT2D eigenvalue weighted by molar-refractivity contribution is 0.0958. The lowest BCUT2D eigenvalue weighted by Crippen LogP contribution is -2.29. The number of nitrogens with zero attached hydrogens (tertiary/aromatic N) is 2. The van der Waals surface area contributed by atoms with Gasteiger partial charge in [0.15, 0.2) is 0 Å². The maximum Gasteiger partial charge on any atom is 0.251 e. The zero-order valence-electron chi connectivity index (χ0n) is 14.1. The highest BCUT2D eigenvalue weighted by atomic mass is 32.2. The molecule has 0 saturated carbocycles. The first kappa shape index (κ1) is 18.8. The van der Waals surface area contributed by atoms with Crippen LogP contribution in [0.4, 0.5) is 0 Å². The van der Waals surface area contributed by atoms with Crippen molar-refractivity contribution >= 4 is 15.9 Å². The Kier molecular flexibility index (Phi) is 6.44. The molecule has 6 nitrogen and oxygen atoms in total. The average Bonchev–Trinajstić information content (AvgIpc) is 2.65. The second-order valence-corrected chi connectivity index (χ2v) is 7.50. The fraction of sp³-hybridized carbons (Fsp3) is 0.222. The van der Waals surface area contributed by atoms with E-state index in [9.17, 15) is 13.2 Å². The van der Waals surface area contributed by atoms with Gasteiger partial charge >= 0.3 is 0 Å². The summed E-state index contributed by atoms with van der Waals surface area (Å²) in [5.41, 5.74) is 1.42. The van der Waals surface area contributed by atoms with Crippen molar-refractivity contribution in [3.05, 3.63) is 72.6 Å². The first-order valence-corrected chi connectivity index (χ1v) is 9.23. The first-order chi connectivity index (χ1) is 11.9. The number of benzene rings is 1. The molecule has 1 aromatic heterocycles. The Hall–Kier alpha value is -2.51. The maximum absolute atomic E-state index is 12.6. The van der Waals surface area contributed by atoms with Crippen LogP contribution in [0.15, 0.2) is 66.3 Å². The molecular formula is C18H21N3O3S. The zero-order chi connectivity index (χ0) is 18.3. The van der Waals surface area contributed by atoms with Gasteiger partial charge in [0.25, 0.3) is 5.91 Å². The molecule has 132 valence electrons. The molecule has 0 atom stereocenters. The number of pyridine rings is 1. The smallest absolute Gasteiger partial charge is 0.251 e. The van der Waals surface area contributed by atoms with Crippen LogP contribution < -0.4 is 5.32 Å². The monoisotopic (exact) mass is 359 g/mol. The van der Waals surface area contributed by atoms with Crippen LogP contribution in [0.25, 0.3) is 0 Å². The Morgan fingerprint density at radius 3 is 2.44 bits per heavy atom. The van der Waals surface area contributed by atoms with Gasteiger partial charge in [-0.3, -0.25) is 9.78 Å². The highest BCUT2D eigenvalue weighted by Gasteiger charge is 2.20. The van der Waals surface area contributed by atoms with Crippen molar-refractivity contribution in [3.8, 4) is 0 Å². The number of carbonyl (C=O) groups excluding carboxylic acids is 1. The third kappa shape index (κ3) is 4.98. The molecule has 0 fully saturated rings. The van der Waals surface area contributed by atoms with Crippen LogP contribution in [0.5, 0.6) is 0 Å². The predicted molar refractivity (Wildman–Crippen MR) is 96.7 cm³/mol. The summed E-state index contributed by atoms with van der Waals surface area (Å²) >= 11 is 0. The van der Waals surface area contributed by atoms with Crippen molar-refractivity contribution in [2.45, 2.75) is 11.3 Å². The summed E-state index contributed by atoms with van der Waals surface area (Å²) in [6.45, 7) is 4.24. The summed E-state index contributed by atoms with van der Waals surface area (Å²) in [5, 5.41) is 2.65. The van der Waals surface area contributed by atoms with E-state index in [1.807, 2.05) is 12.1 Å². The molecule has 25 heavy (non-hydrogen) atoms. The van der Waals surface area contributed by atoms with E-state index in [1.165, 1.54) is 28.6 Å². The Morgan fingerprint density at radius 2 is 1.84 bits per heavy atom. The minimum atomic E-state index is -3.60. The molecule has 1 N–H and O–H groups in total. The van der Waals surface area contributed by atoms with Gasteiger partial charge in [0.05, 0.1) is 4.90 Å². The van der Waals surface area contributed by atoms with Crippen LogP contribution >= 0.6 is 0 Å². The number of amides is 1. The van der Waals surface area contributed by atoms with Crippen LogP contribution in [0.2, 0.25) is 0 Å². The molecule has 0 bridgehead atoms. The van der Waals surface area contributed by atoms with Crippen molar-refractivity contribution in [1.29, 1.82) is 0 Å². The molecule has 1 amide bonds. The van der Waals surface area contributed by atoms with Crippen molar-refractivity contribution in [2.75, 3.05) is 20.1 Å². The molecule has 0 saturated heterocycles. The molecule has 0 aliphatic rings. The van der Waals surface area contributed by atoms with Gasteiger partial charge in [0.1, 0.15) is 0 Å². The number of sulfonamides is 1. The van der Waals surface area contributed by atoms with Gasteiger partial charge < -0.3 is 5.32 Å². The molecule has 0 radical (unpaired) electrons. The van der Waals surface area contributed by atoms with E-state index >= 15 is 0 Å². The second kappa shape index (κ2) is 8.55. The van der Waals surface area contributed by atoms with E-state index in [-0.39, 0.29) is 10.8 Å². The Morgan fingerprint density at radius 1 is 1.20 bits per heavy atom. The van der Waals surface area contributed by atoms with Gasteiger partial charge in [-0.2, -0.15) is 0 Å². The molecule has 1 aromatic carbocycles. The van der Waals surface area contributed by atoms with E-state index in [2.05, 4.69) is 16.9 Å². The quantitative estimate of drug-likeness (QED) is 0.730. The molecule has 2 rings (SSSR count). The lowest BCUT2D eigenvalue weighted by Gasteiger charge is -2.17. The van der Waals surface area contributed by atoms with Gasteiger partial charge in [0, 0.05) is 38.1 Å². The van der Waals surface area contributed by atoms with Gasteiger partial charge in [-0.1, -0.05) is 6.08 Å². The normalized spacial score (nSPS) is 11.3. The van der Waals surface area contributed by atoms with E-state index in [0.717, 1.165) is 5.56 Å². The molecule has 0 unspecified atom stereocenters. The molecule has 2 aromatic rings. The summed E-state index contributed by atoms with van der Waals surface area (Å²) in [6.07, 6.45) is 5.54. The minimum absolute atomic E-state index is 0.157. The summed E-state index contributed by atoms with van der Waals surface area (Å²) in [6, 6.07) is 9.61. The summed E-state index contributed by atoms with van der Waals surface area (Å²) in [7, 11) is -2.06. The number of hydrogen-bond acceptors (Lipinski definition) is 4. The Labute approximate surface area is 148 Å². The van der Waals surface area contributed by atoms with Crippen molar-refractivity contribution in [2.24, 2.45) is 0 Å². The maximum atomic E-state index is 12.6. The third-order valence-electron chi connectivity index (χ3n) is 3.70. The largest absolute Gasteiger partial charge is 0.349 e. The standard InChI is InChI=1S/C18H21N3O3S/c1-3-11-20-18(22)16-4-6-17(7-5-16)25(23,24)21(2)14-10-15-8-12-19-13-9-15/h3-9,12-13H,1,10-11,14H2,2H3,(H,20,22). The number of aromatic nitrogens is 1. The van der Waals surface area contributed by atoms with E-state index < -0.39 is 10.0 Å². The molecule has 0 aliphatic carbocycles. The van der Waals surface area contributed by atoms with Gasteiger partial charge in [0.2, 0.25) is 10.0 Å². The number of likely N-dealkylation sites (N-methyl/N-ethyl adjacent to an activating group) is 1. The van der Waals surface area contributed by atoms with E-state index in [4.69, 9.17) is 0 Å². The zero-order valence-corrected chi connectivity index (χ0v) is 14.9. The highest BCUT2D eigenvalue weighted by Crippen LogP contribution is 2.16. The van der Waals surface area contributed by atoms with Crippen LogP contribution in [-0.2, 0) is 16.4 Å². The molecular weight excluding hydrogens is 338 g/mol. The van der Waals surface area contributed by atoms with E-state index in [1.54, 1.807) is 25.5 Å². The fourth-order valence-electron chi connectivity index (χ4n) is 2.18. The van der Waals surface area contributed by atoms with E-state index in [0.29, 0.717) is 25.1 Å². The summed E-state index contributed by atoms with van der Waals surface area (Å²) < 4.78 is 26.5. The SMILES string of the molecule is C=CCNC(=O)c1ccc(S(=O)(=O)N(C)CCc2ccncc2)cc1. The van der Waals surface area contributed by atoms with Crippen molar-refractivity contribution < 1.29 is 13.2 Å². The van der Waals surface area contributed by atoms with Crippen LogP contribution in [0.1, 0.15) is 15.9 Å². The number of carbonyl (C=O) groups is 1. The lowest BCUT2D eigenvalue weighted by atomic mass is 10.2. The summed E-state index contributed by atoms with van der Waals surface area (Å²) in [5.74, 6) is -0.269. The third-order valence-corrected chi connectivity index (χ3v) is 5.57. The van der Waals surface area contributed by atoms with Crippen LogP contribution in [0, 0.1) is 0 Å². The Bertz CT molecular complexity index is 818. The average molecular weight is 359 g/mol. The summed E-state index contributed by atoms with van der Waals surface area (Å²) in [4.78, 5) is 15.9. The fourth-order valence-corrected chi connectivity index (χ4v) is 3.35. The molecule has 0 aliphatic heterocycles. The number of nitrogens with one attached hydrogen (secondary N) is 1. The number of hydrogen-bond donors (Lipinski definition) is 1. The molecule has 0 spiro atoms. The number of rotatable bonds is 8. The van der Waals surface area contributed by atoms with Crippen molar-refractivity contribution in [1.82, 2.24) is 14.6 Å². The molecule has 7 heteroatoms. The predicted octanol–water partition coefficient (Wildman–Crippen LogP) is 1.86. The topological polar surface area (TPSA) is 79.4 Å². The molecule has 1 heterocycles. The van der Waals surface area contributed by atoms with Gasteiger partial charge in [-0.15, -0.1) is 6.58 Å².